The number of hydrogen-bond acceptors (Lipinski definition) is 4. The van der Waals surface area contributed by atoms with E-state index in [-0.39, 0.29) is 35.9 Å². The van der Waals surface area contributed by atoms with Crippen molar-refractivity contribution < 1.29 is 48.0 Å². The number of rotatable bonds is 5. The van der Waals surface area contributed by atoms with E-state index in [0.717, 1.165) is 0 Å². The van der Waals surface area contributed by atoms with E-state index in [1.165, 1.54) is 0 Å². The van der Waals surface area contributed by atoms with Crippen LogP contribution < -0.4 is 29.6 Å². The zero-order chi connectivity index (χ0) is 8.10. The summed E-state index contributed by atoms with van der Waals surface area (Å²) in [5, 5.41) is 0. The molecule has 1 atom stereocenters. The quantitative estimate of drug-likeness (QED) is 0.347. The van der Waals surface area contributed by atoms with Crippen LogP contribution in [0.15, 0.2) is 0 Å². The van der Waals surface area contributed by atoms with Gasteiger partial charge < -0.3 is 18.5 Å². The molecule has 4 nitrogen and oxygen atoms in total. The largest absolute Gasteiger partial charge is 1.00 e. The first-order valence-electron chi connectivity index (χ1n) is 3.63. The van der Waals surface area contributed by atoms with Crippen molar-refractivity contribution in [3.05, 3.63) is 0 Å². The molecule has 1 saturated heterocycles. The minimum absolute atomic E-state index is 0. The van der Waals surface area contributed by atoms with Gasteiger partial charge in [0.2, 0.25) is 0 Å². The Morgan fingerprint density at radius 2 is 2.25 bits per heavy atom. The van der Waals surface area contributed by atoms with Crippen LogP contribution in [-0.4, -0.2) is 53.8 Å². The fraction of sp³-hybridized carbons (Fsp3) is 1.00. The molecule has 66 valence electrons. The molecule has 0 aromatic heterocycles. The molecule has 1 aliphatic rings. The summed E-state index contributed by atoms with van der Waals surface area (Å²) in [5.41, 5.74) is 0. The van der Waals surface area contributed by atoms with Crippen LogP contribution in [0.5, 0.6) is 0 Å². The van der Waals surface area contributed by atoms with Gasteiger partial charge in [0.25, 0.3) is 0 Å². The molecule has 0 spiro atoms. The van der Waals surface area contributed by atoms with Gasteiger partial charge >= 0.3 is 44.4 Å². The first-order chi connectivity index (χ1) is 5.38. The van der Waals surface area contributed by atoms with Crippen molar-refractivity contribution in [2.24, 2.45) is 0 Å². The Morgan fingerprint density at radius 1 is 1.50 bits per heavy atom. The van der Waals surface area contributed by atoms with Gasteiger partial charge in [0.05, 0.1) is 11.6 Å². The summed E-state index contributed by atoms with van der Waals surface area (Å²) in [7, 11) is 3.34. The standard InChI is InChI=1S/C3H7O2.C3H6O2.Al.Na.H/c2*1-5-3-2-4;;;/h2-3H2,1H3;3H,2H2,1H3;;;/q2*-1;+2;+1;-1. The number of hydrogen-bond donors (Lipinski definition) is 0. The predicted molar refractivity (Wildman–Crippen MR) is 41.4 cm³/mol. The topological polar surface area (TPSA) is 36.9 Å². The molecule has 0 amide bonds. The molecule has 0 saturated carbocycles. The van der Waals surface area contributed by atoms with E-state index in [2.05, 4.69) is 0 Å². The molecule has 1 heterocycles. The molecule has 0 aromatic rings. The molecule has 12 heavy (non-hydrogen) atoms. The van der Waals surface area contributed by atoms with Crippen molar-refractivity contribution in [2.45, 2.75) is 4.97 Å². The van der Waals surface area contributed by atoms with Crippen LogP contribution in [0.3, 0.4) is 0 Å². The summed E-state index contributed by atoms with van der Waals surface area (Å²) in [6, 6.07) is 0. The maximum Gasteiger partial charge on any atom is 1.00 e. The summed E-state index contributed by atoms with van der Waals surface area (Å²) >= 11 is -1.45. The third-order valence-corrected chi connectivity index (χ3v) is 3.76. The predicted octanol–water partition coefficient (Wildman–Crippen LogP) is -3.16. The SMILES string of the molecule is COCC[O][Al]1[O]C[CH]1OC.[H-].[Na+]. The van der Waals surface area contributed by atoms with Gasteiger partial charge in [-0.2, -0.15) is 0 Å². The van der Waals surface area contributed by atoms with E-state index in [1.807, 2.05) is 0 Å². The van der Waals surface area contributed by atoms with Crippen LogP contribution in [0.4, 0.5) is 0 Å². The molecular weight excluding hydrogens is 186 g/mol. The van der Waals surface area contributed by atoms with Gasteiger partial charge in [0, 0.05) is 27.4 Å². The van der Waals surface area contributed by atoms with Gasteiger partial charge in [-0.25, -0.2) is 0 Å². The average Bonchev–Trinajstić information content (AvgIpc) is 1.97. The van der Waals surface area contributed by atoms with Crippen LogP contribution in [0.2, 0.25) is 0 Å². The van der Waals surface area contributed by atoms with E-state index >= 15 is 0 Å². The van der Waals surface area contributed by atoms with Crippen molar-refractivity contribution in [3.8, 4) is 0 Å². The van der Waals surface area contributed by atoms with Crippen molar-refractivity contribution in [1.29, 1.82) is 0 Å². The Balaban J connectivity index is 0. The Hall–Kier alpha value is 1.37. The van der Waals surface area contributed by atoms with E-state index < -0.39 is 14.8 Å². The fourth-order valence-electron chi connectivity index (χ4n) is 0.836. The van der Waals surface area contributed by atoms with Crippen molar-refractivity contribution in [3.63, 3.8) is 0 Å². The van der Waals surface area contributed by atoms with Gasteiger partial charge in [-0.1, -0.05) is 0 Å². The van der Waals surface area contributed by atoms with Crippen molar-refractivity contribution in [2.75, 3.05) is 34.0 Å². The first kappa shape index (κ1) is 13.4. The third kappa shape index (κ3) is 4.05. The molecule has 6 heteroatoms. The summed E-state index contributed by atoms with van der Waals surface area (Å²) in [6.45, 7) is 1.94. The normalized spacial score (nSPS) is 21.5. The summed E-state index contributed by atoms with van der Waals surface area (Å²) in [6.07, 6.45) is 0. The average molecular weight is 200 g/mol. The Labute approximate surface area is 101 Å². The van der Waals surface area contributed by atoms with Gasteiger partial charge in [0.15, 0.2) is 0 Å². The van der Waals surface area contributed by atoms with E-state index in [9.17, 15) is 0 Å². The minimum atomic E-state index is -1.45. The summed E-state index contributed by atoms with van der Waals surface area (Å²) in [5.74, 6) is 0. The Bertz CT molecular complexity index is 119. The van der Waals surface area contributed by atoms with Crippen molar-refractivity contribution in [1.82, 2.24) is 0 Å². The smallest absolute Gasteiger partial charge is 1.00 e. The van der Waals surface area contributed by atoms with Crippen LogP contribution >= 0.6 is 0 Å². The van der Waals surface area contributed by atoms with Crippen LogP contribution in [0.1, 0.15) is 1.43 Å². The maximum absolute atomic E-state index is 5.39. The minimum Gasteiger partial charge on any atom is -1.00 e. The second kappa shape index (κ2) is 7.75. The molecule has 1 aliphatic heterocycles. The number of ether oxygens (including phenoxy) is 2. The van der Waals surface area contributed by atoms with Gasteiger partial charge in [-0.15, -0.1) is 0 Å². The third-order valence-electron chi connectivity index (χ3n) is 1.60. The molecule has 0 aromatic carbocycles. The molecule has 0 aliphatic carbocycles. The van der Waals surface area contributed by atoms with Gasteiger partial charge in [-0.05, 0) is 0 Å². The van der Waals surface area contributed by atoms with Crippen LogP contribution in [0, 0.1) is 0 Å². The van der Waals surface area contributed by atoms with E-state index in [1.54, 1.807) is 14.2 Å². The summed E-state index contributed by atoms with van der Waals surface area (Å²) < 4.78 is 20.5. The van der Waals surface area contributed by atoms with Gasteiger partial charge in [-0.3, -0.25) is 0 Å². The van der Waals surface area contributed by atoms with Crippen LogP contribution in [-0.2, 0) is 17.1 Å². The Morgan fingerprint density at radius 3 is 2.67 bits per heavy atom. The second-order valence-corrected chi connectivity index (χ2v) is 4.49. The van der Waals surface area contributed by atoms with E-state index in [0.29, 0.717) is 19.8 Å². The maximum atomic E-state index is 5.39. The van der Waals surface area contributed by atoms with Gasteiger partial charge in [0.1, 0.15) is 0 Å². The molecular formula is C6H14AlNaO4. The molecule has 1 rings (SSSR count). The molecule has 1 fully saturated rings. The molecule has 1 unspecified atom stereocenters. The second-order valence-electron chi connectivity index (χ2n) is 2.34. The molecule has 0 N–H and O–H groups in total. The summed E-state index contributed by atoms with van der Waals surface area (Å²) in [4.78, 5) is 0.242. The van der Waals surface area contributed by atoms with Crippen LogP contribution in [0.25, 0.3) is 0 Å². The zero-order valence-corrected chi connectivity index (χ0v) is 11.1. The first-order valence-corrected chi connectivity index (χ1v) is 5.24. The number of methoxy groups -OCH3 is 2. The monoisotopic (exact) mass is 200 g/mol. The molecule has 0 bridgehead atoms. The molecule has 0 radical (unpaired) electrons. The Kier molecular flexibility index (Phi) is 8.63. The van der Waals surface area contributed by atoms with Crippen molar-refractivity contribution >= 4 is 14.8 Å². The fourth-order valence-corrected chi connectivity index (χ4v) is 2.20. The van der Waals surface area contributed by atoms with E-state index in [4.69, 9.17) is 17.1 Å². The zero-order valence-electron chi connectivity index (χ0n) is 8.91.